The summed E-state index contributed by atoms with van der Waals surface area (Å²) in [5.74, 6) is 0. The number of ether oxygens (including phenoxy) is 1. The van der Waals surface area contributed by atoms with Gasteiger partial charge in [-0.3, -0.25) is 4.79 Å². The quantitative estimate of drug-likeness (QED) is 0.554. The molecule has 0 amide bonds. The van der Waals surface area contributed by atoms with Gasteiger partial charge in [-0.2, -0.15) is 0 Å². The first kappa shape index (κ1) is 6.67. The van der Waals surface area contributed by atoms with E-state index in [0.29, 0.717) is 6.29 Å². The fraction of sp³-hybridized carbons (Fsp3) is 0.167. The summed E-state index contributed by atoms with van der Waals surface area (Å²) in [6.07, 6.45) is 3.75. The predicted molar refractivity (Wildman–Crippen MR) is 33.6 cm³/mol. The topological polar surface area (TPSA) is 52.1 Å². The molecule has 1 aromatic heterocycles. The first-order valence-corrected chi connectivity index (χ1v) is 2.77. The molecule has 0 fully saturated rings. The molecule has 52 valence electrons. The molecule has 0 aliphatic heterocycles. The Kier molecular flexibility index (Phi) is 2.37. The van der Waals surface area contributed by atoms with Crippen LogP contribution in [0, 0.1) is 0 Å². The summed E-state index contributed by atoms with van der Waals surface area (Å²) in [7, 11) is 0. The third kappa shape index (κ3) is 1.81. The highest BCUT2D eigenvalue weighted by molar-refractivity contribution is 5.50. The zero-order valence-electron chi connectivity index (χ0n) is 5.23. The second-order valence-corrected chi connectivity index (χ2v) is 1.51. The van der Waals surface area contributed by atoms with Crippen molar-refractivity contribution in [2.45, 2.75) is 0 Å². The Hall–Kier alpha value is -1.45. The van der Waals surface area contributed by atoms with E-state index in [-0.39, 0.29) is 12.6 Å². The molecule has 0 aliphatic carbocycles. The van der Waals surface area contributed by atoms with Crippen LogP contribution in [0.4, 0.5) is 0 Å². The lowest BCUT2D eigenvalue weighted by atomic mass is 10.7. The van der Waals surface area contributed by atoms with E-state index in [1.807, 2.05) is 0 Å². The summed E-state index contributed by atoms with van der Waals surface area (Å²) in [5.41, 5.74) is 0. The molecule has 4 heteroatoms. The van der Waals surface area contributed by atoms with Crippen LogP contribution in [-0.4, -0.2) is 22.9 Å². The number of rotatable bonds is 3. The number of carbonyl (C=O) groups is 1. The molecule has 0 bridgehead atoms. The first-order chi connectivity index (χ1) is 4.93. The van der Waals surface area contributed by atoms with Gasteiger partial charge in [0.1, 0.15) is 6.61 Å². The Bertz CT molecular complexity index is 200. The van der Waals surface area contributed by atoms with Gasteiger partial charge in [0.25, 0.3) is 0 Å². The van der Waals surface area contributed by atoms with Crippen molar-refractivity contribution in [2.24, 2.45) is 0 Å². The van der Waals surface area contributed by atoms with Crippen LogP contribution in [-0.2, 0) is 4.79 Å². The van der Waals surface area contributed by atoms with E-state index in [9.17, 15) is 4.79 Å². The van der Waals surface area contributed by atoms with Gasteiger partial charge in [0.05, 0.1) is 0 Å². The van der Waals surface area contributed by atoms with E-state index in [0.717, 1.165) is 0 Å². The van der Waals surface area contributed by atoms with Crippen molar-refractivity contribution in [1.29, 1.82) is 0 Å². The Labute approximate surface area is 57.9 Å². The molecular formula is C6H6N2O2. The number of hydrogen-bond donors (Lipinski definition) is 0. The lowest BCUT2D eigenvalue weighted by Gasteiger charge is -1.95. The summed E-state index contributed by atoms with van der Waals surface area (Å²) >= 11 is 0. The minimum Gasteiger partial charge on any atom is -0.456 e. The third-order valence-corrected chi connectivity index (χ3v) is 0.823. The van der Waals surface area contributed by atoms with Crippen molar-refractivity contribution >= 4 is 6.29 Å². The van der Waals surface area contributed by atoms with Gasteiger partial charge in [0.2, 0.25) is 0 Å². The molecule has 0 aliphatic rings. The molecule has 10 heavy (non-hydrogen) atoms. The largest absolute Gasteiger partial charge is 0.456 e. The molecule has 0 saturated carbocycles. The van der Waals surface area contributed by atoms with Crippen LogP contribution < -0.4 is 4.74 Å². The molecule has 0 aromatic carbocycles. The highest BCUT2D eigenvalue weighted by Gasteiger charge is 1.90. The highest BCUT2D eigenvalue weighted by atomic mass is 16.5. The Balaban J connectivity index is 2.50. The zero-order valence-corrected chi connectivity index (χ0v) is 5.23. The van der Waals surface area contributed by atoms with Crippen molar-refractivity contribution in [3.8, 4) is 6.01 Å². The van der Waals surface area contributed by atoms with E-state index in [4.69, 9.17) is 4.74 Å². The molecule has 0 radical (unpaired) electrons. The zero-order chi connectivity index (χ0) is 7.23. The maximum absolute atomic E-state index is 9.80. The summed E-state index contributed by atoms with van der Waals surface area (Å²) in [6.45, 7) is 0.00398. The van der Waals surface area contributed by atoms with Crippen LogP contribution in [0.2, 0.25) is 0 Å². The molecule has 0 spiro atoms. The monoisotopic (exact) mass is 138 g/mol. The van der Waals surface area contributed by atoms with Gasteiger partial charge in [0.15, 0.2) is 6.29 Å². The molecule has 1 aromatic rings. The summed E-state index contributed by atoms with van der Waals surface area (Å²) in [5, 5.41) is 0. The number of hydrogen-bond acceptors (Lipinski definition) is 4. The number of carbonyl (C=O) groups excluding carboxylic acids is 1. The standard InChI is InChI=1S/C6H6N2O2/c9-4-5-10-6-7-2-1-3-8-6/h1-4H,5H2. The Morgan fingerprint density at radius 3 is 2.80 bits per heavy atom. The van der Waals surface area contributed by atoms with E-state index in [2.05, 4.69) is 9.97 Å². The van der Waals surface area contributed by atoms with E-state index in [1.54, 1.807) is 18.5 Å². The molecule has 0 saturated heterocycles. The van der Waals surface area contributed by atoms with Crippen LogP contribution >= 0.6 is 0 Å². The van der Waals surface area contributed by atoms with Crippen LogP contribution in [0.5, 0.6) is 6.01 Å². The fourth-order valence-electron chi connectivity index (χ4n) is 0.469. The van der Waals surface area contributed by atoms with Crippen molar-refractivity contribution in [1.82, 2.24) is 9.97 Å². The van der Waals surface area contributed by atoms with Crippen molar-refractivity contribution < 1.29 is 9.53 Å². The molecule has 0 unspecified atom stereocenters. The second kappa shape index (κ2) is 3.55. The van der Waals surface area contributed by atoms with Crippen LogP contribution in [0.1, 0.15) is 0 Å². The maximum atomic E-state index is 9.80. The highest BCUT2D eigenvalue weighted by Crippen LogP contribution is 1.94. The molecule has 4 nitrogen and oxygen atoms in total. The summed E-state index contributed by atoms with van der Waals surface area (Å²) < 4.78 is 4.76. The van der Waals surface area contributed by atoms with Crippen LogP contribution in [0.3, 0.4) is 0 Å². The average Bonchev–Trinajstić information content (AvgIpc) is 2.03. The molecule has 0 N–H and O–H groups in total. The summed E-state index contributed by atoms with van der Waals surface area (Å²) in [4.78, 5) is 17.2. The van der Waals surface area contributed by atoms with Gasteiger partial charge in [0, 0.05) is 12.4 Å². The molecular weight excluding hydrogens is 132 g/mol. The molecule has 0 atom stereocenters. The van der Waals surface area contributed by atoms with Gasteiger partial charge < -0.3 is 4.74 Å². The fourth-order valence-corrected chi connectivity index (χ4v) is 0.469. The van der Waals surface area contributed by atoms with Gasteiger partial charge in [-0.15, -0.1) is 0 Å². The van der Waals surface area contributed by atoms with Crippen molar-refractivity contribution in [3.63, 3.8) is 0 Å². The molecule has 1 heterocycles. The number of aldehydes is 1. The van der Waals surface area contributed by atoms with Gasteiger partial charge in [-0.1, -0.05) is 0 Å². The Morgan fingerprint density at radius 2 is 2.20 bits per heavy atom. The van der Waals surface area contributed by atoms with Gasteiger partial charge in [-0.25, -0.2) is 9.97 Å². The van der Waals surface area contributed by atoms with Crippen LogP contribution in [0.15, 0.2) is 18.5 Å². The van der Waals surface area contributed by atoms with Crippen molar-refractivity contribution in [2.75, 3.05) is 6.61 Å². The second-order valence-electron chi connectivity index (χ2n) is 1.51. The average molecular weight is 138 g/mol. The van der Waals surface area contributed by atoms with E-state index < -0.39 is 0 Å². The predicted octanol–water partition coefficient (Wildman–Crippen LogP) is 0.0543. The van der Waals surface area contributed by atoms with Crippen molar-refractivity contribution in [3.05, 3.63) is 18.5 Å². The van der Waals surface area contributed by atoms with E-state index in [1.165, 1.54) is 0 Å². The smallest absolute Gasteiger partial charge is 0.316 e. The minimum absolute atomic E-state index is 0.00398. The first-order valence-electron chi connectivity index (χ1n) is 2.77. The Morgan fingerprint density at radius 1 is 1.50 bits per heavy atom. The normalized spacial score (nSPS) is 8.80. The minimum atomic E-state index is 0.00398. The van der Waals surface area contributed by atoms with Gasteiger partial charge in [-0.05, 0) is 6.07 Å². The summed E-state index contributed by atoms with van der Waals surface area (Å²) in [6, 6.07) is 1.91. The third-order valence-electron chi connectivity index (χ3n) is 0.823. The van der Waals surface area contributed by atoms with Gasteiger partial charge >= 0.3 is 6.01 Å². The SMILES string of the molecule is O=CCOc1ncccn1. The maximum Gasteiger partial charge on any atom is 0.316 e. The molecule has 1 rings (SSSR count). The number of aromatic nitrogens is 2. The van der Waals surface area contributed by atoms with E-state index >= 15 is 0 Å². The van der Waals surface area contributed by atoms with Crippen LogP contribution in [0.25, 0.3) is 0 Å². The lowest BCUT2D eigenvalue weighted by molar-refractivity contribution is -0.109. The lowest BCUT2D eigenvalue weighted by Crippen LogP contribution is -2.00. The number of nitrogens with zero attached hydrogens (tertiary/aromatic N) is 2.